The number of hydrogen-bond donors (Lipinski definition) is 0. The molecule has 1 amide bonds. The Hall–Kier alpha value is -2.67. The van der Waals surface area contributed by atoms with Gasteiger partial charge in [0.1, 0.15) is 6.33 Å². The Kier molecular flexibility index (Phi) is 4.00. The minimum atomic E-state index is 0.123. The van der Waals surface area contributed by atoms with E-state index in [1.54, 1.807) is 22.8 Å². The van der Waals surface area contributed by atoms with E-state index in [0.717, 1.165) is 29.2 Å². The standard InChI is InChI=1S/C17H15N5OS/c23-17(21-9-10-24-16-4-2-1-3-15(16)21)11-13-5-7-14(8-6-13)22-12-18-19-20-22/h1-8,12H,9-11H2. The monoisotopic (exact) mass is 337 g/mol. The number of thioether (sulfide) groups is 1. The largest absolute Gasteiger partial charge is 0.310 e. The van der Waals surface area contributed by atoms with Crippen LogP contribution in [-0.4, -0.2) is 38.4 Å². The van der Waals surface area contributed by atoms with Crippen molar-refractivity contribution in [2.24, 2.45) is 0 Å². The SMILES string of the molecule is O=C(Cc1ccc(-n2cnnn2)cc1)N1CCSc2ccccc21. The second-order valence-corrected chi connectivity index (χ2v) is 6.60. The zero-order valence-electron chi connectivity index (χ0n) is 12.9. The predicted octanol–water partition coefficient (Wildman–Crippen LogP) is 2.34. The maximum Gasteiger partial charge on any atom is 0.231 e. The summed E-state index contributed by atoms with van der Waals surface area (Å²) in [4.78, 5) is 15.8. The van der Waals surface area contributed by atoms with Crippen molar-refractivity contribution in [3.8, 4) is 5.69 Å². The molecule has 3 aromatic rings. The van der Waals surface area contributed by atoms with Crippen LogP contribution in [0.5, 0.6) is 0 Å². The van der Waals surface area contributed by atoms with Crippen LogP contribution in [0.15, 0.2) is 59.8 Å². The number of nitrogens with zero attached hydrogens (tertiary/aromatic N) is 5. The summed E-state index contributed by atoms with van der Waals surface area (Å²) in [6, 6.07) is 15.8. The molecule has 0 N–H and O–H groups in total. The molecule has 0 radical (unpaired) electrons. The van der Waals surface area contributed by atoms with Gasteiger partial charge < -0.3 is 4.90 Å². The highest BCUT2D eigenvalue weighted by atomic mass is 32.2. The third-order valence-electron chi connectivity index (χ3n) is 3.93. The van der Waals surface area contributed by atoms with Gasteiger partial charge in [-0.1, -0.05) is 24.3 Å². The molecule has 2 aromatic carbocycles. The molecular formula is C17H15N5OS. The van der Waals surface area contributed by atoms with E-state index in [1.165, 1.54) is 4.90 Å². The van der Waals surface area contributed by atoms with Gasteiger partial charge in [0.25, 0.3) is 0 Å². The number of benzene rings is 2. The van der Waals surface area contributed by atoms with Crippen molar-refractivity contribution in [2.45, 2.75) is 11.3 Å². The van der Waals surface area contributed by atoms with Gasteiger partial charge >= 0.3 is 0 Å². The molecule has 0 saturated heterocycles. The van der Waals surface area contributed by atoms with Gasteiger partial charge in [-0.05, 0) is 40.3 Å². The number of tetrazole rings is 1. The van der Waals surface area contributed by atoms with Crippen molar-refractivity contribution in [3.05, 3.63) is 60.4 Å². The minimum absolute atomic E-state index is 0.123. The molecule has 7 heteroatoms. The fraction of sp³-hybridized carbons (Fsp3) is 0.176. The molecule has 0 bridgehead atoms. The Balaban J connectivity index is 1.51. The number of para-hydroxylation sites is 1. The summed E-state index contributed by atoms with van der Waals surface area (Å²) in [5.41, 5.74) is 2.87. The normalized spacial score (nSPS) is 13.6. The van der Waals surface area contributed by atoms with E-state index in [2.05, 4.69) is 21.6 Å². The average molecular weight is 337 g/mol. The van der Waals surface area contributed by atoms with Crippen molar-refractivity contribution in [3.63, 3.8) is 0 Å². The van der Waals surface area contributed by atoms with Gasteiger partial charge in [-0.15, -0.1) is 16.9 Å². The van der Waals surface area contributed by atoms with Crippen molar-refractivity contribution >= 4 is 23.4 Å². The lowest BCUT2D eigenvalue weighted by Crippen LogP contribution is -2.36. The Bertz CT molecular complexity index is 848. The molecule has 4 rings (SSSR count). The van der Waals surface area contributed by atoms with Gasteiger partial charge in [0.15, 0.2) is 0 Å². The first-order valence-electron chi connectivity index (χ1n) is 7.66. The summed E-state index contributed by atoms with van der Waals surface area (Å²) in [5, 5.41) is 11.1. The summed E-state index contributed by atoms with van der Waals surface area (Å²) in [7, 11) is 0. The zero-order chi connectivity index (χ0) is 16.4. The van der Waals surface area contributed by atoms with Gasteiger partial charge in [0, 0.05) is 17.2 Å². The Morgan fingerprint density at radius 3 is 2.75 bits per heavy atom. The number of carbonyl (C=O) groups excluding carboxylic acids is 1. The highest BCUT2D eigenvalue weighted by molar-refractivity contribution is 7.99. The highest BCUT2D eigenvalue weighted by Crippen LogP contribution is 2.34. The fourth-order valence-electron chi connectivity index (χ4n) is 2.74. The second kappa shape index (κ2) is 6.45. The van der Waals surface area contributed by atoms with Crippen molar-refractivity contribution < 1.29 is 4.79 Å². The molecule has 0 fully saturated rings. The molecule has 6 nitrogen and oxygen atoms in total. The highest BCUT2D eigenvalue weighted by Gasteiger charge is 2.22. The molecule has 0 spiro atoms. The average Bonchev–Trinajstić information content (AvgIpc) is 3.16. The van der Waals surface area contributed by atoms with E-state index in [-0.39, 0.29) is 5.91 Å². The predicted molar refractivity (Wildman–Crippen MR) is 92.4 cm³/mol. The fourth-order valence-corrected chi connectivity index (χ4v) is 3.74. The van der Waals surface area contributed by atoms with Crippen LogP contribution in [0.1, 0.15) is 5.56 Å². The smallest absolute Gasteiger partial charge is 0.231 e. The first-order valence-corrected chi connectivity index (χ1v) is 8.64. The summed E-state index contributed by atoms with van der Waals surface area (Å²) in [6.45, 7) is 0.753. The molecule has 1 aliphatic heterocycles. The van der Waals surface area contributed by atoms with E-state index in [4.69, 9.17) is 0 Å². The van der Waals surface area contributed by atoms with Gasteiger partial charge in [0.05, 0.1) is 17.8 Å². The molecular weight excluding hydrogens is 322 g/mol. The number of aromatic nitrogens is 4. The molecule has 0 saturated carbocycles. The van der Waals surface area contributed by atoms with Gasteiger partial charge in [-0.2, -0.15) is 0 Å². The van der Waals surface area contributed by atoms with Crippen LogP contribution < -0.4 is 4.90 Å². The van der Waals surface area contributed by atoms with E-state index in [9.17, 15) is 4.79 Å². The lowest BCUT2D eigenvalue weighted by Gasteiger charge is -2.29. The molecule has 24 heavy (non-hydrogen) atoms. The molecule has 0 atom stereocenters. The molecule has 120 valence electrons. The first kappa shape index (κ1) is 14.9. The summed E-state index contributed by atoms with van der Waals surface area (Å²) < 4.78 is 1.59. The number of anilines is 1. The Morgan fingerprint density at radius 2 is 1.96 bits per heavy atom. The quantitative estimate of drug-likeness (QED) is 0.734. The molecule has 1 aromatic heterocycles. The Morgan fingerprint density at radius 1 is 1.12 bits per heavy atom. The van der Waals surface area contributed by atoms with Crippen LogP contribution in [0, 0.1) is 0 Å². The molecule has 2 heterocycles. The molecule has 0 unspecified atom stereocenters. The van der Waals surface area contributed by atoms with Crippen LogP contribution in [0.2, 0.25) is 0 Å². The van der Waals surface area contributed by atoms with Crippen LogP contribution in [-0.2, 0) is 11.2 Å². The first-order chi connectivity index (χ1) is 11.8. The van der Waals surface area contributed by atoms with Crippen LogP contribution in [0.3, 0.4) is 0 Å². The lowest BCUT2D eigenvalue weighted by molar-refractivity contribution is -0.118. The molecule has 0 aliphatic carbocycles. The molecule has 1 aliphatic rings. The number of amides is 1. The number of carbonyl (C=O) groups is 1. The third-order valence-corrected chi connectivity index (χ3v) is 4.98. The van der Waals surface area contributed by atoms with Gasteiger partial charge in [-0.3, -0.25) is 4.79 Å². The van der Waals surface area contributed by atoms with E-state index >= 15 is 0 Å². The van der Waals surface area contributed by atoms with Gasteiger partial charge in [0.2, 0.25) is 5.91 Å². The van der Waals surface area contributed by atoms with Crippen LogP contribution in [0.4, 0.5) is 5.69 Å². The summed E-state index contributed by atoms with van der Waals surface area (Å²) in [6.07, 6.45) is 1.93. The summed E-state index contributed by atoms with van der Waals surface area (Å²) in [5.74, 6) is 1.05. The number of rotatable bonds is 3. The summed E-state index contributed by atoms with van der Waals surface area (Å²) >= 11 is 1.80. The topological polar surface area (TPSA) is 63.9 Å². The zero-order valence-corrected chi connectivity index (χ0v) is 13.7. The van der Waals surface area contributed by atoms with E-state index < -0.39 is 0 Å². The third kappa shape index (κ3) is 2.90. The van der Waals surface area contributed by atoms with Crippen molar-refractivity contribution in [2.75, 3.05) is 17.2 Å². The van der Waals surface area contributed by atoms with Crippen molar-refractivity contribution in [1.29, 1.82) is 0 Å². The van der Waals surface area contributed by atoms with E-state index in [0.29, 0.717) is 6.42 Å². The van der Waals surface area contributed by atoms with Crippen molar-refractivity contribution in [1.82, 2.24) is 20.2 Å². The second-order valence-electron chi connectivity index (χ2n) is 5.46. The maximum atomic E-state index is 12.7. The maximum absolute atomic E-state index is 12.7. The van der Waals surface area contributed by atoms with Crippen LogP contribution >= 0.6 is 11.8 Å². The lowest BCUT2D eigenvalue weighted by atomic mass is 10.1. The van der Waals surface area contributed by atoms with E-state index in [1.807, 2.05) is 47.4 Å². The minimum Gasteiger partial charge on any atom is -0.310 e. The van der Waals surface area contributed by atoms with Crippen LogP contribution in [0.25, 0.3) is 5.69 Å². The number of hydrogen-bond acceptors (Lipinski definition) is 5. The number of fused-ring (bicyclic) bond motifs is 1. The Labute approximate surface area is 143 Å². The van der Waals surface area contributed by atoms with Gasteiger partial charge in [-0.25, -0.2) is 4.68 Å².